The summed E-state index contributed by atoms with van der Waals surface area (Å²) in [5.41, 5.74) is 3.00. The van der Waals surface area contributed by atoms with Crippen LogP contribution in [0.25, 0.3) is 17.0 Å². The number of carbonyl (C=O) groups excluding carboxylic acids is 1. The van der Waals surface area contributed by atoms with Crippen LogP contribution in [0.1, 0.15) is 31.9 Å². The highest BCUT2D eigenvalue weighted by molar-refractivity contribution is 8.18. The van der Waals surface area contributed by atoms with E-state index >= 15 is 0 Å². The van der Waals surface area contributed by atoms with Crippen molar-refractivity contribution in [3.05, 3.63) is 65.2 Å². The van der Waals surface area contributed by atoms with E-state index in [2.05, 4.69) is 53.1 Å². The van der Waals surface area contributed by atoms with Gasteiger partial charge in [0.1, 0.15) is 5.75 Å². The van der Waals surface area contributed by atoms with Gasteiger partial charge in [0.2, 0.25) is 0 Å². The van der Waals surface area contributed by atoms with E-state index in [1.165, 1.54) is 17.3 Å². The molecule has 6 heteroatoms. The molecule has 1 atom stereocenters. The second-order valence-electron chi connectivity index (χ2n) is 6.95. The van der Waals surface area contributed by atoms with Crippen molar-refractivity contribution in [1.82, 2.24) is 9.88 Å². The van der Waals surface area contributed by atoms with Crippen LogP contribution in [0.3, 0.4) is 0 Å². The van der Waals surface area contributed by atoms with E-state index in [0.29, 0.717) is 16.1 Å². The largest absolute Gasteiger partial charge is 0.497 e. The van der Waals surface area contributed by atoms with E-state index < -0.39 is 0 Å². The first-order valence-corrected chi connectivity index (χ1v) is 10.4. The smallest absolute Gasteiger partial charge is 0.264 e. The van der Waals surface area contributed by atoms with E-state index in [1.807, 2.05) is 36.4 Å². The summed E-state index contributed by atoms with van der Waals surface area (Å²) in [6, 6.07) is 16.1. The molecule has 1 N–H and O–H groups in total. The van der Waals surface area contributed by atoms with E-state index in [-0.39, 0.29) is 5.91 Å². The lowest BCUT2D eigenvalue weighted by Gasteiger charge is -2.12. The number of ether oxygens (including phenoxy) is 1. The number of hydrogen-bond acceptors (Lipinski definition) is 4. The fraction of sp³-hybridized carbons (Fsp3) is 0.217. The van der Waals surface area contributed by atoms with Crippen LogP contribution in [0.15, 0.2) is 64.6 Å². The van der Waals surface area contributed by atoms with Gasteiger partial charge in [-0.15, -0.1) is 0 Å². The van der Waals surface area contributed by atoms with Crippen molar-refractivity contribution in [3.8, 4) is 5.75 Å². The number of rotatable bonds is 5. The van der Waals surface area contributed by atoms with Crippen LogP contribution in [0.5, 0.6) is 5.75 Å². The van der Waals surface area contributed by atoms with Crippen LogP contribution in [0.2, 0.25) is 0 Å². The lowest BCUT2D eigenvalue weighted by molar-refractivity contribution is -0.115. The maximum absolute atomic E-state index is 12.5. The van der Waals surface area contributed by atoms with Gasteiger partial charge in [0, 0.05) is 28.7 Å². The summed E-state index contributed by atoms with van der Waals surface area (Å²) in [5, 5.41) is 4.59. The number of fused-ring (bicyclic) bond motifs is 1. The lowest BCUT2D eigenvalue weighted by Crippen LogP contribution is -2.19. The number of nitrogens with one attached hydrogen (secondary N) is 1. The number of amidine groups is 1. The average molecular weight is 406 g/mol. The van der Waals surface area contributed by atoms with E-state index in [1.54, 1.807) is 7.11 Å². The van der Waals surface area contributed by atoms with Gasteiger partial charge < -0.3 is 14.6 Å². The highest BCUT2D eigenvalue weighted by Gasteiger charge is 2.24. The number of nitrogens with zero attached hydrogens (tertiary/aromatic N) is 2. The topological polar surface area (TPSA) is 55.6 Å². The van der Waals surface area contributed by atoms with Gasteiger partial charge in [-0.3, -0.25) is 4.79 Å². The third-order valence-electron chi connectivity index (χ3n) is 5.08. The Labute approximate surface area is 174 Å². The molecular formula is C23H23N3O2S. The van der Waals surface area contributed by atoms with E-state index in [0.717, 1.165) is 28.8 Å². The molecule has 3 aromatic rings. The minimum absolute atomic E-state index is 0.123. The zero-order chi connectivity index (χ0) is 20.4. The first kappa shape index (κ1) is 19.3. The third-order valence-corrected chi connectivity index (χ3v) is 5.99. The molecule has 1 aromatic heterocycles. The predicted molar refractivity (Wildman–Crippen MR) is 121 cm³/mol. The normalized spacial score (nSPS) is 17.8. The van der Waals surface area contributed by atoms with Crippen molar-refractivity contribution < 1.29 is 9.53 Å². The molecule has 1 fully saturated rings. The summed E-state index contributed by atoms with van der Waals surface area (Å²) in [7, 11) is 1.63. The number of hydrogen-bond donors (Lipinski definition) is 1. The van der Waals surface area contributed by atoms with Crippen LogP contribution in [0.4, 0.5) is 5.69 Å². The summed E-state index contributed by atoms with van der Waals surface area (Å²) >= 11 is 1.36. The number of carbonyl (C=O) groups is 1. The molecule has 1 aliphatic rings. The molecule has 1 aliphatic heterocycles. The molecule has 0 bridgehead atoms. The van der Waals surface area contributed by atoms with Crippen LogP contribution in [0, 0.1) is 0 Å². The van der Waals surface area contributed by atoms with Crippen molar-refractivity contribution in [1.29, 1.82) is 0 Å². The van der Waals surface area contributed by atoms with Crippen molar-refractivity contribution in [2.75, 3.05) is 7.11 Å². The van der Waals surface area contributed by atoms with Crippen LogP contribution in [-0.2, 0) is 4.79 Å². The second kappa shape index (κ2) is 8.17. The van der Waals surface area contributed by atoms with Crippen molar-refractivity contribution >= 4 is 45.5 Å². The van der Waals surface area contributed by atoms with Gasteiger partial charge >= 0.3 is 0 Å². The summed E-state index contributed by atoms with van der Waals surface area (Å²) in [6.45, 7) is 4.39. The average Bonchev–Trinajstić information content (AvgIpc) is 3.28. The van der Waals surface area contributed by atoms with Crippen LogP contribution >= 0.6 is 11.8 Å². The molecule has 1 saturated heterocycles. The lowest BCUT2D eigenvalue weighted by atomic mass is 10.1. The van der Waals surface area contributed by atoms with Gasteiger partial charge in [0.05, 0.1) is 17.7 Å². The summed E-state index contributed by atoms with van der Waals surface area (Å²) in [6.07, 6.45) is 5.14. The van der Waals surface area contributed by atoms with Crippen molar-refractivity contribution in [2.24, 2.45) is 4.99 Å². The molecule has 0 spiro atoms. The number of amides is 1. The SMILES string of the molecule is CC[C@@H](C)n1cc(/C=C2/SC(=Nc3ccc(OC)cc3)NC2=O)c2ccccc21. The van der Waals surface area contributed by atoms with Crippen LogP contribution < -0.4 is 10.1 Å². The molecule has 2 aromatic carbocycles. The number of aliphatic imine (C=N–C) groups is 1. The molecule has 148 valence electrons. The fourth-order valence-corrected chi connectivity index (χ4v) is 4.14. The minimum Gasteiger partial charge on any atom is -0.497 e. The van der Waals surface area contributed by atoms with Gasteiger partial charge in [-0.25, -0.2) is 4.99 Å². The number of methoxy groups -OCH3 is 1. The van der Waals surface area contributed by atoms with Crippen molar-refractivity contribution in [3.63, 3.8) is 0 Å². The first-order valence-electron chi connectivity index (χ1n) is 9.62. The molecule has 0 aliphatic carbocycles. The van der Waals surface area contributed by atoms with E-state index in [9.17, 15) is 4.79 Å². The zero-order valence-corrected chi connectivity index (χ0v) is 17.5. The fourth-order valence-electron chi connectivity index (χ4n) is 3.30. The van der Waals surface area contributed by atoms with Gasteiger partial charge in [0.15, 0.2) is 5.17 Å². The monoisotopic (exact) mass is 405 g/mol. The summed E-state index contributed by atoms with van der Waals surface area (Å²) in [4.78, 5) is 17.7. The van der Waals surface area contributed by atoms with Crippen molar-refractivity contribution in [2.45, 2.75) is 26.3 Å². The molecule has 0 saturated carbocycles. The molecule has 0 unspecified atom stereocenters. The molecule has 1 amide bonds. The van der Waals surface area contributed by atoms with Gasteiger partial charge in [-0.2, -0.15) is 0 Å². The van der Waals surface area contributed by atoms with E-state index in [4.69, 9.17) is 4.74 Å². The minimum atomic E-state index is -0.123. The summed E-state index contributed by atoms with van der Waals surface area (Å²) in [5.74, 6) is 0.651. The standard InChI is InChI=1S/C23H23N3O2S/c1-4-15(2)26-14-16(19-7-5-6-8-20(19)26)13-21-22(27)25-23(29-21)24-17-9-11-18(28-3)12-10-17/h5-15H,4H2,1-3H3,(H,24,25,27)/b21-13+/t15-/m1/s1. The Hall–Kier alpha value is -2.99. The van der Waals surface area contributed by atoms with Gasteiger partial charge in [-0.1, -0.05) is 25.1 Å². The molecule has 4 rings (SSSR count). The Morgan fingerprint density at radius 1 is 1.21 bits per heavy atom. The Morgan fingerprint density at radius 2 is 1.97 bits per heavy atom. The Kier molecular flexibility index (Phi) is 5.45. The Morgan fingerprint density at radius 3 is 2.69 bits per heavy atom. The maximum atomic E-state index is 12.5. The number of para-hydroxylation sites is 1. The first-order chi connectivity index (χ1) is 14.1. The quantitative estimate of drug-likeness (QED) is 0.569. The summed E-state index contributed by atoms with van der Waals surface area (Å²) < 4.78 is 7.45. The molecule has 0 radical (unpaired) electrons. The second-order valence-corrected chi connectivity index (χ2v) is 7.98. The van der Waals surface area contributed by atoms with Crippen LogP contribution in [-0.4, -0.2) is 22.8 Å². The Bertz CT molecular complexity index is 1110. The number of thioether (sulfide) groups is 1. The van der Waals surface area contributed by atoms with Gasteiger partial charge in [0.25, 0.3) is 5.91 Å². The molecule has 5 nitrogen and oxygen atoms in total. The van der Waals surface area contributed by atoms with Gasteiger partial charge in [-0.05, 0) is 61.5 Å². The predicted octanol–water partition coefficient (Wildman–Crippen LogP) is 5.51. The maximum Gasteiger partial charge on any atom is 0.264 e. The zero-order valence-electron chi connectivity index (χ0n) is 16.7. The third kappa shape index (κ3) is 3.93. The highest BCUT2D eigenvalue weighted by Crippen LogP contribution is 2.32. The number of benzene rings is 2. The highest BCUT2D eigenvalue weighted by atomic mass is 32.2. The number of aromatic nitrogens is 1. The Balaban J connectivity index is 1.65. The molecule has 2 heterocycles. The molecular weight excluding hydrogens is 382 g/mol. The molecule has 29 heavy (non-hydrogen) atoms.